The lowest BCUT2D eigenvalue weighted by atomic mass is 10.1. The molecule has 0 saturated carbocycles. The highest BCUT2D eigenvalue weighted by Crippen LogP contribution is 2.21. The zero-order valence-corrected chi connectivity index (χ0v) is 19.5. The van der Waals surface area contributed by atoms with E-state index in [1.807, 2.05) is 54.6 Å². The summed E-state index contributed by atoms with van der Waals surface area (Å²) in [4.78, 5) is 28.5. The maximum Gasteiger partial charge on any atom is 0.337 e. The topological polar surface area (TPSA) is 61.9 Å². The number of carbonyl (C=O) groups excluding carboxylic acids is 2. The first-order valence-electron chi connectivity index (χ1n) is 10.9. The van der Waals surface area contributed by atoms with Gasteiger partial charge in [0.1, 0.15) is 0 Å². The zero-order chi connectivity index (χ0) is 23.9. The van der Waals surface area contributed by atoms with E-state index in [1.54, 1.807) is 23.1 Å². The third-order valence-electron chi connectivity index (χ3n) is 5.49. The standard InChI is InChI=1S/C27H24ClN3O3/c1-34-26(32)22-7-2-5-20(17-22)11-12-21-6-3-9-24(18-21)29-27(33)31-15-13-30(14-16-31)25-10-4-8-23(28)19-25/h2-10,17-19H,13-16H2,1H3,(H,29,33). The van der Waals surface area contributed by atoms with Gasteiger partial charge in [-0.3, -0.25) is 0 Å². The molecule has 0 radical (unpaired) electrons. The molecule has 0 atom stereocenters. The summed E-state index contributed by atoms with van der Waals surface area (Å²) in [6.45, 7) is 2.72. The van der Waals surface area contributed by atoms with Crippen molar-refractivity contribution in [2.75, 3.05) is 43.5 Å². The summed E-state index contributed by atoms with van der Waals surface area (Å²) < 4.78 is 4.75. The van der Waals surface area contributed by atoms with Gasteiger partial charge in [0.25, 0.3) is 0 Å². The van der Waals surface area contributed by atoms with Crippen LogP contribution in [0.15, 0.2) is 72.8 Å². The average molecular weight is 474 g/mol. The second kappa shape index (κ2) is 10.8. The van der Waals surface area contributed by atoms with Crippen molar-refractivity contribution in [3.8, 4) is 11.8 Å². The third-order valence-corrected chi connectivity index (χ3v) is 5.72. The number of anilines is 2. The summed E-state index contributed by atoms with van der Waals surface area (Å²) in [5.74, 6) is 5.73. The normalized spacial score (nSPS) is 13.0. The van der Waals surface area contributed by atoms with Crippen molar-refractivity contribution in [2.24, 2.45) is 0 Å². The minimum absolute atomic E-state index is 0.137. The number of halogens is 1. The molecule has 1 fully saturated rings. The van der Waals surface area contributed by atoms with Crippen molar-refractivity contribution < 1.29 is 14.3 Å². The summed E-state index contributed by atoms with van der Waals surface area (Å²) in [6, 6.07) is 22.0. The van der Waals surface area contributed by atoms with E-state index in [0.29, 0.717) is 34.9 Å². The number of benzene rings is 3. The first kappa shape index (κ1) is 23.2. The molecule has 0 aliphatic carbocycles. The van der Waals surface area contributed by atoms with E-state index < -0.39 is 5.97 Å². The van der Waals surface area contributed by atoms with E-state index in [2.05, 4.69) is 22.1 Å². The number of nitrogens with zero attached hydrogens (tertiary/aromatic N) is 2. The number of esters is 1. The molecule has 4 rings (SSSR count). The molecule has 0 bridgehead atoms. The van der Waals surface area contributed by atoms with Gasteiger partial charge >= 0.3 is 12.0 Å². The van der Waals surface area contributed by atoms with Gasteiger partial charge in [0.05, 0.1) is 12.7 Å². The van der Waals surface area contributed by atoms with Gasteiger partial charge in [-0.2, -0.15) is 0 Å². The first-order chi connectivity index (χ1) is 16.5. The van der Waals surface area contributed by atoms with E-state index in [9.17, 15) is 9.59 Å². The summed E-state index contributed by atoms with van der Waals surface area (Å²) in [5, 5.41) is 3.67. The van der Waals surface area contributed by atoms with Crippen molar-refractivity contribution in [1.82, 2.24) is 4.90 Å². The number of piperazine rings is 1. The van der Waals surface area contributed by atoms with E-state index in [4.69, 9.17) is 16.3 Å². The van der Waals surface area contributed by atoms with Crippen LogP contribution >= 0.6 is 11.6 Å². The highest BCUT2D eigenvalue weighted by Gasteiger charge is 2.21. The predicted molar refractivity (Wildman–Crippen MR) is 134 cm³/mol. The maximum atomic E-state index is 12.8. The Morgan fingerprint density at radius 1 is 0.882 bits per heavy atom. The Bertz CT molecular complexity index is 1260. The molecule has 34 heavy (non-hydrogen) atoms. The fourth-order valence-electron chi connectivity index (χ4n) is 3.70. The van der Waals surface area contributed by atoms with Gasteiger partial charge in [-0.25, -0.2) is 9.59 Å². The third kappa shape index (κ3) is 5.89. The summed E-state index contributed by atoms with van der Waals surface area (Å²) >= 11 is 6.10. The number of hydrogen-bond acceptors (Lipinski definition) is 4. The van der Waals surface area contributed by atoms with Crippen LogP contribution < -0.4 is 10.2 Å². The fraction of sp³-hybridized carbons (Fsp3) is 0.185. The van der Waals surface area contributed by atoms with Gasteiger partial charge in [-0.05, 0) is 54.6 Å². The lowest BCUT2D eigenvalue weighted by molar-refractivity contribution is 0.0600. The van der Waals surface area contributed by atoms with E-state index >= 15 is 0 Å². The first-order valence-corrected chi connectivity index (χ1v) is 11.3. The Morgan fingerprint density at radius 2 is 1.56 bits per heavy atom. The molecule has 1 aliphatic heterocycles. The van der Waals surface area contributed by atoms with Gasteiger partial charge < -0.3 is 19.9 Å². The van der Waals surface area contributed by atoms with Crippen molar-refractivity contribution in [2.45, 2.75) is 0 Å². The molecule has 1 N–H and O–H groups in total. The number of amides is 2. The maximum absolute atomic E-state index is 12.8. The van der Waals surface area contributed by atoms with Crippen LogP contribution in [0, 0.1) is 11.8 Å². The fourth-order valence-corrected chi connectivity index (χ4v) is 3.89. The number of urea groups is 1. The molecule has 1 saturated heterocycles. The molecule has 7 heteroatoms. The monoisotopic (exact) mass is 473 g/mol. The SMILES string of the molecule is COC(=O)c1cccc(C#Cc2cccc(NC(=O)N3CCN(c4cccc(Cl)c4)CC3)c2)c1. The highest BCUT2D eigenvalue weighted by molar-refractivity contribution is 6.30. The number of methoxy groups -OCH3 is 1. The number of rotatable bonds is 3. The van der Waals surface area contributed by atoms with Crippen LogP contribution in [-0.2, 0) is 4.74 Å². The van der Waals surface area contributed by atoms with E-state index in [-0.39, 0.29) is 6.03 Å². The lowest BCUT2D eigenvalue weighted by Crippen LogP contribution is -2.50. The molecular weight excluding hydrogens is 450 g/mol. The Kier molecular flexibility index (Phi) is 7.36. The molecular formula is C27H24ClN3O3. The Labute approximate surface area is 204 Å². The van der Waals surface area contributed by atoms with Crippen molar-refractivity contribution in [3.05, 3.63) is 94.5 Å². The number of ether oxygens (including phenoxy) is 1. The molecule has 1 heterocycles. The molecule has 172 valence electrons. The molecule has 0 unspecified atom stereocenters. The molecule has 0 spiro atoms. The summed E-state index contributed by atoms with van der Waals surface area (Å²) in [7, 11) is 1.35. The molecule has 2 amide bonds. The van der Waals surface area contributed by atoms with Gasteiger partial charge in [0, 0.05) is 53.7 Å². The Hall–Kier alpha value is -3.95. The summed E-state index contributed by atoms with van der Waals surface area (Å²) in [6.07, 6.45) is 0. The Morgan fingerprint density at radius 3 is 2.26 bits per heavy atom. The molecule has 3 aromatic rings. The van der Waals surface area contributed by atoms with Crippen LogP contribution in [0.1, 0.15) is 21.5 Å². The smallest absolute Gasteiger partial charge is 0.337 e. The van der Waals surface area contributed by atoms with Crippen molar-refractivity contribution >= 4 is 35.0 Å². The second-order valence-electron chi connectivity index (χ2n) is 7.79. The van der Waals surface area contributed by atoms with Crippen molar-refractivity contribution in [1.29, 1.82) is 0 Å². The minimum atomic E-state index is -0.401. The summed E-state index contributed by atoms with van der Waals surface area (Å²) in [5.41, 5.74) is 3.65. The van der Waals surface area contributed by atoms with Gasteiger partial charge in [-0.1, -0.05) is 41.6 Å². The number of carbonyl (C=O) groups is 2. The van der Waals surface area contributed by atoms with Crippen LogP contribution in [0.4, 0.5) is 16.2 Å². The predicted octanol–water partition coefficient (Wildman–Crippen LogP) is 4.88. The van der Waals surface area contributed by atoms with Gasteiger partial charge in [0.2, 0.25) is 0 Å². The minimum Gasteiger partial charge on any atom is -0.465 e. The van der Waals surface area contributed by atoms with E-state index in [1.165, 1.54) is 7.11 Å². The van der Waals surface area contributed by atoms with Gasteiger partial charge in [-0.15, -0.1) is 0 Å². The number of nitrogens with one attached hydrogen (secondary N) is 1. The van der Waals surface area contributed by atoms with Crippen molar-refractivity contribution in [3.63, 3.8) is 0 Å². The highest BCUT2D eigenvalue weighted by atomic mass is 35.5. The zero-order valence-electron chi connectivity index (χ0n) is 18.8. The lowest BCUT2D eigenvalue weighted by Gasteiger charge is -2.36. The van der Waals surface area contributed by atoms with Gasteiger partial charge in [0.15, 0.2) is 0 Å². The van der Waals surface area contributed by atoms with Crippen LogP contribution in [0.25, 0.3) is 0 Å². The van der Waals surface area contributed by atoms with E-state index in [0.717, 1.165) is 24.3 Å². The van der Waals surface area contributed by atoms with Crippen LogP contribution in [-0.4, -0.2) is 50.2 Å². The molecule has 1 aliphatic rings. The van der Waals surface area contributed by atoms with Crippen LogP contribution in [0.3, 0.4) is 0 Å². The quantitative estimate of drug-likeness (QED) is 0.435. The molecule has 3 aromatic carbocycles. The second-order valence-corrected chi connectivity index (χ2v) is 8.22. The largest absolute Gasteiger partial charge is 0.465 e. The number of hydrogen-bond donors (Lipinski definition) is 1. The van der Waals surface area contributed by atoms with Crippen LogP contribution in [0.2, 0.25) is 5.02 Å². The Balaban J connectivity index is 1.36. The molecule has 0 aromatic heterocycles. The van der Waals surface area contributed by atoms with Crippen LogP contribution in [0.5, 0.6) is 0 Å². The average Bonchev–Trinajstić information content (AvgIpc) is 2.87. The molecule has 6 nitrogen and oxygen atoms in total.